The van der Waals surface area contributed by atoms with Crippen LogP contribution in [0.3, 0.4) is 0 Å². The van der Waals surface area contributed by atoms with E-state index in [9.17, 15) is 14.4 Å². The third kappa shape index (κ3) is 6.11. The molecule has 3 aromatic carbocycles. The standard InChI is InChI=1S/C36H37NO7/c1-5-42-35(39)30-22(3)37-27-20-26(24-15-11-8-12-16-24)32(36(40)43-6-2)34(38)33(27)31(30)25-17-18-28(41-4)29(19-25)44-21-23-13-9-7-10-14-23/h7-19,26,31-32,37H,5-6,20-21H2,1-4H3. The maximum absolute atomic E-state index is 14.6. The van der Waals surface area contributed by atoms with E-state index in [4.69, 9.17) is 18.9 Å². The Labute approximate surface area is 257 Å². The summed E-state index contributed by atoms with van der Waals surface area (Å²) >= 11 is 0. The van der Waals surface area contributed by atoms with Gasteiger partial charge in [-0.2, -0.15) is 0 Å². The predicted octanol–water partition coefficient (Wildman–Crippen LogP) is 5.99. The molecule has 5 rings (SSSR count). The number of ketones is 1. The van der Waals surface area contributed by atoms with Crippen LogP contribution in [0, 0.1) is 5.92 Å². The molecule has 0 saturated heterocycles. The van der Waals surface area contributed by atoms with E-state index in [1.54, 1.807) is 40.0 Å². The van der Waals surface area contributed by atoms with Gasteiger partial charge in [0, 0.05) is 28.8 Å². The monoisotopic (exact) mass is 595 g/mol. The molecule has 0 bridgehead atoms. The van der Waals surface area contributed by atoms with Crippen LogP contribution in [0.2, 0.25) is 0 Å². The molecule has 2 aliphatic rings. The van der Waals surface area contributed by atoms with Gasteiger partial charge in [0.1, 0.15) is 12.5 Å². The molecule has 0 spiro atoms. The molecule has 0 saturated carbocycles. The molecule has 1 aliphatic heterocycles. The summed E-state index contributed by atoms with van der Waals surface area (Å²) in [7, 11) is 1.56. The fourth-order valence-electron chi connectivity index (χ4n) is 6.08. The lowest BCUT2D eigenvalue weighted by Gasteiger charge is -2.39. The number of ether oxygens (including phenoxy) is 4. The van der Waals surface area contributed by atoms with Crippen molar-refractivity contribution in [2.75, 3.05) is 20.3 Å². The number of nitrogens with one attached hydrogen (secondary N) is 1. The first-order chi connectivity index (χ1) is 21.4. The highest BCUT2D eigenvalue weighted by atomic mass is 16.5. The third-order valence-corrected chi connectivity index (χ3v) is 8.04. The average Bonchev–Trinajstić information content (AvgIpc) is 3.04. The van der Waals surface area contributed by atoms with Crippen molar-refractivity contribution in [2.24, 2.45) is 5.92 Å². The molecule has 0 fully saturated rings. The van der Waals surface area contributed by atoms with Crippen LogP contribution in [0.4, 0.5) is 0 Å². The topological polar surface area (TPSA) is 100 Å². The van der Waals surface area contributed by atoms with E-state index in [-0.39, 0.29) is 19.0 Å². The third-order valence-electron chi connectivity index (χ3n) is 8.04. The lowest BCUT2D eigenvalue weighted by molar-refractivity contribution is -0.152. The van der Waals surface area contributed by atoms with Gasteiger partial charge in [-0.15, -0.1) is 0 Å². The molecular formula is C36H37NO7. The van der Waals surface area contributed by atoms with Gasteiger partial charge < -0.3 is 24.3 Å². The molecule has 3 aromatic rings. The smallest absolute Gasteiger partial charge is 0.336 e. The van der Waals surface area contributed by atoms with Crippen molar-refractivity contribution in [3.05, 3.63) is 118 Å². The Bertz CT molecular complexity index is 1590. The highest BCUT2D eigenvalue weighted by Gasteiger charge is 2.49. The Kier molecular flexibility index (Phi) is 9.48. The van der Waals surface area contributed by atoms with E-state index in [1.165, 1.54) is 0 Å². The van der Waals surface area contributed by atoms with E-state index >= 15 is 0 Å². The lowest BCUT2D eigenvalue weighted by Crippen LogP contribution is -2.43. The van der Waals surface area contributed by atoms with E-state index < -0.39 is 29.7 Å². The van der Waals surface area contributed by atoms with Gasteiger partial charge in [-0.1, -0.05) is 66.7 Å². The number of hydrogen-bond donors (Lipinski definition) is 1. The predicted molar refractivity (Wildman–Crippen MR) is 165 cm³/mol. The number of hydrogen-bond acceptors (Lipinski definition) is 8. The number of carbonyl (C=O) groups is 3. The molecule has 0 amide bonds. The van der Waals surface area contributed by atoms with Crippen LogP contribution in [-0.2, 0) is 30.5 Å². The zero-order valence-corrected chi connectivity index (χ0v) is 25.4. The average molecular weight is 596 g/mol. The van der Waals surface area contributed by atoms with Gasteiger partial charge in [0.05, 0.1) is 25.9 Å². The molecule has 1 aliphatic carbocycles. The summed E-state index contributed by atoms with van der Waals surface area (Å²) in [5.41, 5.74) is 4.39. The van der Waals surface area contributed by atoms with Crippen LogP contribution < -0.4 is 14.8 Å². The minimum Gasteiger partial charge on any atom is -0.493 e. The SMILES string of the molecule is CCOC(=O)C1=C(C)NC2=C(C(=O)C(C(=O)OCC)C(c3ccccc3)C2)C1c1ccc(OC)c(OCc2ccccc2)c1. The summed E-state index contributed by atoms with van der Waals surface area (Å²) in [4.78, 5) is 41.5. The first-order valence-corrected chi connectivity index (χ1v) is 14.9. The minimum atomic E-state index is -1.07. The van der Waals surface area contributed by atoms with Crippen LogP contribution in [0.15, 0.2) is 101 Å². The zero-order valence-electron chi connectivity index (χ0n) is 25.4. The Morgan fingerprint density at radius 1 is 0.864 bits per heavy atom. The number of esters is 2. The summed E-state index contributed by atoms with van der Waals surface area (Å²) in [6, 6.07) is 24.6. The van der Waals surface area contributed by atoms with E-state index in [1.807, 2.05) is 66.7 Å². The van der Waals surface area contributed by atoms with Crippen LogP contribution in [0.5, 0.6) is 11.5 Å². The first kappa shape index (κ1) is 30.6. The van der Waals surface area contributed by atoms with Gasteiger partial charge in [-0.25, -0.2) is 4.79 Å². The molecule has 44 heavy (non-hydrogen) atoms. The second-order valence-corrected chi connectivity index (χ2v) is 10.7. The van der Waals surface area contributed by atoms with Gasteiger partial charge in [-0.3, -0.25) is 9.59 Å². The summed E-state index contributed by atoms with van der Waals surface area (Å²) in [5, 5.41) is 3.34. The normalized spacial score (nSPS) is 19.5. The molecular weight excluding hydrogens is 558 g/mol. The van der Waals surface area contributed by atoms with Crippen molar-refractivity contribution >= 4 is 17.7 Å². The Hall–Kier alpha value is -4.85. The fourth-order valence-corrected chi connectivity index (χ4v) is 6.08. The van der Waals surface area contributed by atoms with E-state index in [0.29, 0.717) is 52.6 Å². The maximum Gasteiger partial charge on any atom is 0.336 e. The number of methoxy groups -OCH3 is 1. The van der Waals surface area contributed by atoms with Gasteiger partial charge in [0.25, 0.3) is 0 Å². The Morgan fingerprint density at radius 2 is 1.55 bits per heavy atom. The summed E-state index contributed by atoms with van der Waals surface area (Å²) in [6.07, 6.45) is 0.381. The van der Waals surface area contributed by atoms with Gasteiger partial charge in [-0.05, 0) is 56.0 Å². The maximum atomic E-state index is 14.6. The second-order valence-electron chi connectivity index (χ2n) is 10.7. The van der Waals surface area contributed by atoms with Crippen LogP contribution in [0.1, 0.15) is 55.7 Å². The number of dihydropyridines is 1. The molecule has 3 unspecified atom stereocenters. The van der Waals surface area contributed by atoms with Crippen LogP contribution in [0.25, 0.3) is 0 Å². The van der Waals surface area contributed by atoms with Crippen molar-refractivity contribution < 1.29 is 33.3 Å². The number of allylic oxidation sites excluding steroid dienone is 3. The van der Waals surface area contributed by atoms with Crippen molar-refractivity contribution in [2.45, 2.75) is 45.6 Å². The number of rotatable bonds is 10. The van der Waals surface area contributed by atoms with Gasteiger partial charge >= 0.3 is 11.9 Å². The summed E-state index contributed by atoms with van der Waals surface area (Å²) < 4.78 is 22.7. The van der Waals surface area contributed by atoms with E-state index in [0.717, 1.165) is 11.1 Å². The van der Waals surface area contributed by atoms with Crippen molar-refractivity contribution in [1.82, 2.24) is 5.32 Å². The van der Waals surface area contributed by atoms with Crippen molar-refractivity contribution in [1.29, 1.82) is 0 Å². The van der Waals surface area contributed by atoms with Crippen LogP contribution in [-0.4, -0.2) is 38.0 Å². The molecule has 228 valence electrons. The number of Topliss-reactive ketones (excluding diaryl/α,β-unsaturated/α-hetero) is 1. The largest absolute Gasteiger partial charge is 0.493 e. The quantitative estimate of drug-likeness (QED) is 0.226. The number of carbonyl (C=O) groups excluding carboxylic acids is 3. The molecule has 8 nitrogen and oxygen atoms in total. The van der Waals surface area contributed by atoms with Crippen molar-refractivity contribution in [3.8, 4) is 11.5 Å². The highest BCUT2D eigenvalue weighted by Crippen LogP contribution is 2.49. The first-order valence-electron chi connectivity index (χ1n) is 14.9. The van der Waals surface area contributed by atoms with Gasteiger partial charge in [0.15, 0.2) is 17.3 Å². The summed E-state index contributed by atoms with van der Waals surface area (Å²) in [6.45, 7) is 5.86. The molecule has 8 heteroatoms. The highest BCUT2D eigenvalue weighted by molar-refractivity contribution is 6.13. The summed E-state index contributed by atoms with van der Waals surface area (Å²) in [5.74, 6) is -2.85. The molecule has 1 N–H and O–H groups in total. The fraction of sp³-hybridized carbons (Fsp3) is 0.306. The molecule has 3 atom stereocenters. The molecule has 0 aromatic heterocycles. The van der Waals surface area contributed by atoms with Gasteiger partial charge in [0.2, 0.25) is 0 Å². The molecule has 1 heterocycles. The Morgan fingerprint density at radius 3 is 2.20 bits per heavy atom. The second kappa shape index (κ2) is 13.6. The van der Waals surface area contributed by atoms with E-state index in [2.05, 4.69) is 5.32 Å². The Balaban J connectivity index is 1.64. The zero-order chi connectivity index (χ0) is 31.2. The number of benzene rings is 3. The minimum absolute atomic E-state index is 0.144. The van der Waals surface area contributed by atoms with Crippen molar-refractivity contribution in [3.63, 3.8) is 0 Å². The molecule has 0 radical (unpaired) electrons. The lowest BCUT2D eigenvalue weighted by atomic mass is 9.67. The van der Waals surface area contributed by atoms with Crippen LogP contribution >= 0.6 is 0 Å².